The summed E-state index contributed by atoms with van der Waals surface area (Å²) in [7, 11) is 0. The molecule has 2 aliphatic rings. The zero-order valence-corrected chi connectivity index (χ0v) is 6.40. The molecule has 2 atom stereocenters. The first-order valence-corrected chi connectivity index (χ1v) is 4.05. The van der Waals surface area contributed by atoms with E-state index in [2.05, 4.69) is 4.90 Å². The van der Waals surface area contributed by atoms with Gasteiger partial charge < -0.3 is 10.2 Å². The van der Waals surface area contributed by atoms with Crippen molar-refractivity contribution in [3.05, 3.63) is 11.6 Å². The topological polar surface area (TPSA) is 43.7 Å². The van der Waals surface area contributed by atoms with Crippen molar-refractivity contribution in [2.75, 3.05) is 19.7 Å². The van der Waals surface area contributed by atoms with E-state index in [0.29, 0.717) is 0 Å². The molecular formula is C8H13NO2. The quantitative estimate of drug-likeness (QED) is 0.495. The highest BCUT2D eigenvalue weighted by molar-refractivity contribution is 5.22. The maximum Gasteiger partial charge on any atom is 0.0746 e. The van der Waals surface area contributed by atoms with E-state index in [1.54, 1.807) is 0 Å². The molecule has 0 aromatic carbocycles. The van der Waals surface area contributed by atoms with Crippen molar-refractivity contribution in [1.82, 2.24) is 4.90 Å². The van der Waals surface area contributed by atoms with Gasteiger partial charge in [-0.05, 0) is 12.0 Å². The van der Waals surface area contributed by atoms with Crippen LogP contribution in [0.5, 0.6) is 0 Å². The summed E-state index contributed by atoms with van der Waals surface area (Å²) in [6, 6.07) is 0.125. The first kappa shape index (κ1) is 7.28. The second-order valence-corrected chi connectivity index (χ2v) is 3.23. The van der Waals surface area contributed by atoms with E-state index >= 15 is 0 Å². The van der Waals surface area contributed by atoms with Crippen LogP contribution in [0.2, 0.25) is 0 Å². The van der Waals surface area contributed by atoms with Crippen LogP contribution >= 0.6 is 0 Å². The van der Waals surface area contributed by atoms with Gasteiger partial charge in [0.15, 0.2) is 0 Å². The first-order valence-electron chi connectivity index (χ1n) is 4.05. The minimum atomic E-state index is -0.254. The smallest absolute Gasteiger partial charge is 0.0746 e. The van der Waals surface area contributed by atoms with Crippen LogP contribution in [0.4, 0.5) is 0 Å². The van der Waals surface area contributed by atoms with Crippen LogP contribution in [0.25, 0.3) is 0 Å². The second-order valence-electron chi connectivity index (χ2n) is 3.23. The molecule has 0 radical (unpaired) electrons. The maximum atomic E-state index is 9.51. The summed E-state index contributed by atoms with van der Waals surface area (Å²) in [5.74, 6) is 0. The van der Waals surface area contributed by atoms with Crippen LogP contribution in [0.15, 0.2) is 11.6 Å². The molecule has 0 unspecified atom stereocenters. The Morgan fingerprint density at radius 2 is 2.45 bits per heavy atom. The molecule has 0 bridgehead atoms. The molecule has 62 valence electrons. The number of fused-ring (bicyclic) bond motifs is 1. The van der Waals surface area contributed by atoms with Gasteiger partial charge in [-0.25, -0.2) is 0 Å². The molecule has 1 saturated heterocycles. The Hall–Kier alpha value is -0.380. The molecule has 2 heterocycles. The van der Waals surface area contributed by atoms with Crippen molar-refractivity contribution >= 4 is 0 Å². The Morgan fingerprint density at radius 1 is 1.64 bits per heavy atom. The average molecular weight is 155 g/mol. The summed E-state index contributed by atoms with van der Waals surface area (Å²) in [6.07, 6.45) is 2.62. The summed E-state index contributed by atoms with van der Waals surface area (Å²) in [5.41, 5.74) is 0.995. The summed E-state index contributed by atoms with van der Waals surface area (Å²) in [5, 5.41) is 18.4. The van der Waals surface area contributed by atoms with E-state index in [9.17, 15) is 5.11 Å². The molecule has 2 aliphatic heterocycles. The Labute approximate surface area is 65.9 Å². The zero-order chi connectivity index (χ0) is 7.84. The van der Waals surface area contributed by atoms with Crippen LogP contribution in [0, 0.1) is 0 Å². The SMILES string of the molecule is OCC1=CCN2CC[C@H](O)[C@H]12. The second kappa shape index (κ2) is 2.59. The third-order valence-corrected chi connectivity index (χ3v) is 2.62. The molecule has 0 spiro atoms. The van der Waals surface area contributed by atoms with Gasteiger partial charge in [0.2, 0.25) is 0 Å². The van der Waals surface area contributed by atoms with E-state index < -0.39 is 0 Å². The molecule has 0 aromatic heterocycles. The molecule has 3 nitrogen and oxygen atoms in total. The minimum absolute atomic E-state index is 0.0955. The zero-order valence-electron chi connectivity index (χ0n) is 6.40. The van der Waals surface area contributed by atoms with E-state index in [1.165, 1.54) is 0 Å². The van der Waals surface area contributed by atoms with Crippen molar-refractivity contribution in [2.45, 2.75) is 18.6 Å². The number of nitrogens with zero attached hydrogens (tertiary/aromatic N) is 1. The Bertz CT molecular complexity index is 191. The molecule has 2 N–H and O–H groups in total. The van der Waals surface area contributed by atoms with E-state index in [0.717, 1.165) is 25.1 Å². The number of hydrogen-bond donors (Lipinski definition) is 2. The lowest BCUT2D eigenvalue weighted by atomic mass is 10.1. The maximum absolute atomic E-state index is 9.51. The number of hydrogen-bond acceptors (Lipinski definition) is 3. The van der Waals surface area contributed by atoms with Crippen LogP contribution < -0.4 is 0 Å². The molecular weight excluding hydrogens is 142 g/mol. The molecule has 0 aromatic rings. The van der Waals surface area contributed by atoms with E-state index in [-0.39, 0.29) is 18.8 Å². The predicted octanol–water partition coefficient (Wildman–Crippen LogP) is -0.646. The molecule has 0 aliphatic carbocycles. The highest BCUT2D eigenvalue weighted by Gasteiger charge is 2.37. The average Bonchev–Trinajstić information content (AvgIpc) is 2.54. The first-order chi connectivity index (χ1) is 5.33. The highest BCUT2D eigenvalue weighted by Crippen LogP contribution is 2.28. The Kier molecular flexibility index (Phi) is 1.71. The van der Waals surface area contributed by atoms with Gasteiger partial charge in [0, 0.05) is 13.1 Å². The highest BCUT2D eigenvalue weighted by atomic mass is 16.3. The van der Waals surface area contributed by atoms with Gasteiger partial charge in [0.25, 0.3) is 0 Å². The summed E-state index contributed by atoms with van der Waals surface area (Å²) < 4.78 is 0. The molecule has 11 heavy (non-hydrogen) atoms. The van der Waals surface area contributed by atoms with Crippen LogP contribution in [0.3, 0.4) is 0 Å². The van der Waals surface area contributed by atoms with Gasteiger partial charge in [-0.15, -0.1) is 0 Å². The molecule has 0 amide bonds. The fourth-order valence-corrected chi connectivity index (χ4v) is 2.04. The minimum Gasteiger partial charge on any atom is -0.392 e. The third-order valence-electron chi connectivity index (χ3n) is 2.62. The van der Waals surface area contributed by atoms with Crippen molar-refractivity contribution in [3.8, 4) is 0 Å². The van der Waals surface area contributed by atoms with Crippen LogP contribution in [-0.4, -0.2) is 47.0 Å². The van der Waals surface area contributed by atoms with Gasteiger partial charge in [0.05, 0.1) is 18.8 Å². The predicted molar refractivity (Wildman–Crippen MR) is 41.2 cm³/mol. The third kappa shape index (κ3) is 1.00. The van der Waals surface area contributed by atoms with Crippen molar-refractivity contribution in [2.24, 2.45) is 0 Å². The normalized spacial score (nSPS) is 37.5. The number of aliphatic hydroxyl groups excluding tert-OH is 2. The summed E-state index contributed by atoms with van der Waals surface area (Å²) >= 11 is 0. The van der Waals surface area contributed by atoms with Crippen molar-refractivity contribution in [3.63, 3.8) is 0 Å². The van der Waals surface area contributed by atoms with Crippen LogP contribution in [-0.2, 0) is 0 Å². The van der Waals surface area contributed by atoms with Gasteiger partial charge >= 0.3 is 0 Å². The van der Waals surface area contributed by atoms with E-state index in [4.69, 9.17) is 5.11 Å². The fraction of sp³-hybridized carbons (Fsp3) is 0.750. The number of aliphatic hydroxyl groups is 2. The standard InChI is InChI=1S/C8H13NO2/c10-5-6-1-3-9-4-2-7(11)8(6)9/h1,7-8,10-11H,2-5H2/t7-,8-/m0/s1. The van der Waals surface area contributed by atoms with Crippen molar-refractivity contribution < 1.29 is 10.2 Å². The Morgan fingerprint density at radius 3 is 3.18 bits per heavy atom. The van der Waals surface area contributed by atoms with Crippen molar-refractivity contribution in [1.29, 1.82) is 0 Å². The summed E-state index contributed by atoms with van der Waals surface area (Å²) in [4.78, 5) is 2.20. The van der Waals surface area contributed by atoms with E-state index in [1.807, 2.05) is 6.08 Å². The lowest BCUT2D eigenvalue weighted by Gasteiger charge is -2.19. The van der Waals surface area contributed by atoms with Gasteiger partial charge in [-0.3, -0.25) is 4.90 Å². The Balaban J connectivity index is 2.15. The largest absolute Gasteiger partial charge is 0.392 e. The molecule has 0 saturated carbocycles. The fourth-order valence-electron chi connectivity index (χ4n) is 2.04. The lowest BCUT2D eigenvalue weighted by molar-refractivity contribution is 0.140. The van der Waals surface area contributed by atoms with Gasteiger partial charge in [-0.2, -0.15) is 0 Å². The summed E-state index contributed by atoms with van der Waals surface area (Å²) in [6.45, 7) is 1.96. The molecule has 1 fully saturated rings. The van der Waals surface area contributed by atoms with Gasteiger partial charge in [-0.1, -0.05) is 6.08 Å². The number of rotatable bonds is 1. The van der Waals surface area contributed by atoms with Crippen LogP contribution in [0.1, 0.15) is 6.42 Å². The molecule has 2 rings (SSSR count). The van der Waals surface area contributed by atoms with Gasteiger partial charge in [0.1, 0.15) is 0 Å². The molecule has 3 heteroatoms. The monoisotopic (exact) mass is 155 g/mol. The lowest BCUT2D eigenvalue weighted by Crippen LogP contribution is -2.32.